The lowest BCUT2D eigenvalue weighted by molar-refractivity contribution is 0.120. The molecule has 0 aliphatic rings. The Morgan fingerprint density at radius 3 is 2.73 bits per heavy atom. The molecule has 84 valence electrons. The van der Waals surface area contributed by atoms with Gasteiger partial charge in [0, 0.05) is 12.2 Å². The van der Waals surface area contributed by atoms with E-state index < -0.39 is 0 Å². The summed E-state index contributed by atoms with van der Waals surface area (Å²) in [5.41, 5.74) is 1.00. The summed E-state index contributed by atoms with van der Waals surface area (Å²) in [7, 11) is 0. The Morgan fingerprint density at radius 1 is 1.40 bits per heavy atom. The van der Waals surface area contributed by atoms with Crippen molar-refractivity contribution in [3.63, 3.8) is 0 Å². The number of aliphatic hydroxyl groups excluding tert-OH is 1. The van der Waals surface area contributed by atoms with Gasteiger partial charge in [-0.15, -0.1) is 0 Å². The van der Waals surface area contributed by atoms with E-state index in [9.17, 15) is 5.11 Å². The lowest BCUT2D eigenvalue weighted by Gasteiger charge is -2.14. The number of hydrogen-bond acceptors (Lipinski definition) is 3. The minimum Gasteiger partial charge on any atom is -0.393 e. The van der Waals surface area contributed by atoms with E-state index in [0.29, 0.717) is 5.92 Å². The van der Waals surface area contributed by atoms with Gasteiger partial charge in [-0.1, -0.05) is 19.9 Å². The summed E-state index contributed by atoms with van der Waals surface area (Å²) in [4.78, 5) is 4.32. The maximum absolute atomic E-state index is 9.60. The van der Waals surface area contributed by atoms with Gasteiger partial charge in [0.15, 0.2) is 0 Å². The molecule has 0 fully saturated rings. The average Bonchev–Trinajstić information content (AvgIpc) is 2.17. The van der Waals surface area contributed by atoms with Crippen LogP contribution in [0.25, 0.3) is 0 Å². The topological polar surface area (TPSA) is 45.1 Å². The molecule has 1 aromatic heterocycles. The molecule has 1 heterocycles. The smallest absolute Gasteiger partial charge is 0.126 e. The van der Waals surface area contributed by atoms with Crippen LogP contribution in [0, 0.1) is 12.8 Å². The molecule has 0 spiro atoms. The van der Waals surface area contributed by atoms with Crippen molar-refractivity contribution < 1.29 is 5.11 Å². The van der Waals surface area contributed by atoms with Crippen LogP contribution in [0.15, 0.2) is 18.2 Å². The van der Waals surface area contributed by atoms with Gasteiger partial charge >= 0.3 is 0 Å². The third kappa shape index (κ3) is 4.30. The molecule has 0 aliphatic heterocycles. The van der Waals surface area contributed by atoms with E-state index in [1.807, 2.05) is 39.0 Å². The van der Waals surface area contributed by atoms with Gasteiger partial charge in [0.05, 0.1) is 6.10 Å². The van der Waals surface area contributed by atoms with Gasteiger partial charge in [-0.3, -0.25) is 0 Å². The Bertz CT molecular complexity index is 299. The fraction of sp³-hybridized carbons (Fsp3) is 0.583. The first-order valence-electron chi connectivity index (χ1n) is 5.45. The first-order valence-corrected chi connectivity index (χ1v) is 5.45. The molecule has 15 heavy (non-hydrogen) atoms. The van der Waals surface area contributed by atoms with Crippen LogP contribution in [0.3, 0.4) is 0 Å². The molecule has 3 heteroatoms. The number of nitrogens with zero attached hydrogens (tertiary/aromatic N) is 1. The van der Waals surface area contributed by atoms with Crippen LogP contribution in [-0.2, 0) is 0 Å². The Kier molecular flexibility index (Phi) is 4.56. The molecular formula is C12H20N2O. The summed E-state index contributed by atoms with van der Waals surface area (Å²) in [6, 6.07) is 5.88. The number of aliphatic hydroxyl groups is 1. The van der Waals surface area contributed by atoms with Crippen molar-refractivity contribution in [3.8, 4) is 0 Å². The summed E-state index contributed by atoms with van der Waals surface area (Å²) in [6.07, 6.45) is 0.523. The van der Waals surface area contributed by atoms with Crippen LogP contribution in [0.5, 0.6) is 0 Å². The molecule has 0 radical (unpaired) electrons. The molecule has 0 aromatic carbocycles. The highest BCUT2D eigenvalue weighted by Crippen LogP contribution is 2.07. The van der Waals surface area contributed by atoms with Crippen LogP contribution in [0.1, 0.15) is 26.0 Å². The van der Waals surface area contributed by atoms with Crippen LogP contribution >= 0.6 is 0 Å². The second-order valence-electron chi connectivity index (χ2n) is 4.19. The second-order valence-corrected chi connectivity index (χ2v) is 4.19. The van der Waals surface area contributed by atoms with Crippen LogP contribution < -0.4 is 5.32 Å². The number of pyridine rings is 1. The molecule has 1 atom stereocenters. The quantitative estimate of drug-likeness (QED) is 0.779. The van der Waals surface area contributed by atoms with Crippen molar-refractivity contribution in [1.29, 1.82) is 0 Å². The summed E-state index contributed by atoms with van der Waals surface area (Å²) in [5, 5.41) is 12.8. The molecule has 1 aromatic rings. The number of anilines is 1. The molecule has 1 unspecified atom stereocenters. The summed E-state index contributed by atoms with van der Waals surface area (Å²) < 4.78 is 0. The lowest BCUT2D eigenvalue weighted by Crippen LogP contribution is -2.19. The molecule has 0 saturated carbocycles. The minimum absolute atomic E-state index is 0.234. The zero-order valence-corrected chi connectivity index (χ0v) is 9.70. The molecular weight excluding hydrogens is 188 g/mol. The van der Waals surface area contributed by atoms with Gasteiger partial charge in [0.1, 0.15) is 5.82 Å². The molecule has 0 amide bonds. The van der Waals surface area contributed by atoms with Crippen molar-refractivity contribution in [2.24, 2.45) is 5.92 Å². The van der Waals surface area contributed by atoms with Gasteiger partial charge in [0.2, 0.25) is 0 Å². The summed E-state index contributed by atoms with van der Waals surface area (Å²) >= 11 is 0. The van der Waals surface area contributed by atoms with Crippen LogP contribution in [0.4, 0.5) is 5.82 Å². The van der Waals surface area contributed by atoms with E-state index in [-0.39, 0.29) is 6.10 Å². The molecule has 0 saturated heterocycles. The van der Waals surface area contributed by atoms with E-state index in [1.165, 1.54) is 0 Å². The van der Waals surface area contributed by atoms with Gasteiger partial charge in [0.25, 0.3) is 0 Å². The molecule has 0 bridgehead atoms. The second kappa shape index (κ2) is 5.71. The SMILES string of the molecule is Cc1cccc(NCCC(O)C(C)C)n1. The molecule has 0 aliphatic carbocycles. The van der Waals surface area contributed by atoms with Gasteiger partial charge in [-0.05, 0) is 31.4 Å². The van der Waals surface area contributed by atoms with Crippen molar-refractivity contribution >= 4 is 5.82 Å². The number of hydrogen-bond donors (Lipinski definition) is 2. The number of nitrogens with one attached hydrogen (secondary N) is 1. The number of aryl methyl sites for hydroxylation is 1. The van der Waals surface area contributed by atoms with E-state index in [0.717, 1.165) is 24.5 Å². The highest BCUT2D eigenvalue weighted by atomic mass is 16.3. The maximum atomic E-state index is 9.60. The third-order valence-electron chi connectivity index (χ3n) is 2.40. The van der Waals surface area contributed by atoms with Gasteiger partial charge < -0.3 is 10.4 Å². The zero-order chi connectivity index (χ0) is 11.3. The van der Waals surface area contributed by atoms with Crippen molar-refractivity contribution in [2.75, 3.05) is 11.9 Å². The van der Waals surface area contributed by atoms with Gasteiger partial charge in [-0.25, -0.2) is 4.98 Å². The number of rotatable bonds is 5. The normalized spacial score (nSPS) is 12.9. The van der Waals surface area contributed by atoms with E-state index in [2.05, 4.69) is 10.3 Å². The Balaban J connectivity index is 2.32. The van der Waals surface area contributed by atoms with Crippen molar-refractivity contribution in [1.82, 2.24) is 4.98 Å². The average molecular weight is 208 g/mol. The third-order valence-corrected chi connectivity index (χ3v) is 2.40. The van der Waals surface area contributed by atoms with Gasteiger partial charge in [-0.2, -0.15) is 0 Å². The van der Waals surface area contributed by atoms with Crippen LogP contribution in [0.2, 0.25) is 0 Å². The lowest BCUT2D eigenvalue weighted by atomic mass is 10.0. The van der Waals surface area contributed by atoms with Crippen molar-refractivity contribution in [3.05, 3.63) is 23.9 Å². The first-order chi connectivity index (χ1) is 7.09. The molecule has 2 N–H and O–H groups in total. The fourth-order valence-electron chi connectivity index (χ4n) is 1.32. The predicted molar refractivity (Wildman–Crippen MR) is 62.9 cm³/mol. The maximum Gasteiger partial charge on any atom is 0.126 e. The summed E-state index contributed by atoms with van der Waals surface area (Å²) in [5.74, 6) is 1.20. The molecule has 3 nitrogen and oxygen atoms in total. The Hall–Kier alpha value is -1.09. The van der Waals surface area contributed by atoms with Crippen molar-refractivity contribution in [2.45, 2.75) is 33.3 Å². The minimum atomic E-state index is -0.234. The zero-order valence-electron chi connectivity index (χ0n) is 9.70. The first kappa shape index (κ1) is 12.0. The predicted octanol–water partition coefficient (Wildman–Crippen LogP) is 2.21. The summed E-state index contributed by atoms with van der Waals surface area (Å²) in [6.45, 7) is 6.77. The largest absolute Gasteiger partial charge is 0.393 e. The highest BCUT2D eigenvalue weighted by molar-refractivity contribution is 5.34. The van der Waals surface area contributed by atoms with E-state index in [4.69, 9.17) is 0 Å². The monoisotopic (exact) mass is 208 g/mol. The van der Waals surface area contributed by atoms with E-state index >= 15 is 0 Å². The number of aromatic nitrogens is 1. The Labute approximate surface area is 91.5 Å². The van der Waals surface area contributed by atoms with Crippen LogP contribution in [-0.4, -0.2) is 22.7 Å². The molecule has 1 rings (SSSR count). The standard InChI is InChI=1S/C12H20N2O/c1-9(2)11(15)7-8-13-12-6-4-5-10(3)14-12/h4-6,9,11,15H,7-8H2,1-3H3,(H,13,14). The Morgan fingerprint density at radius 2 is 2.13 bits per heavy atom. The van der Waals surface area contributed by atoms with E-state index in [1.54, 1.807) is 0 Å². The fourth-order valence-corrected chi connectivity index (χ4v) is 1.32. The highest BCUT2D eigenvalue weighted by Gasteiger charge is 2.07.